The van der Waals surface area contributed by atoms with Crippen LogP contribution in [0.25, 0.3) is 0 Å². The highest BCUT2D eigenvalue weighted by Gasteiger charge is 2.39. The second-order valence-corrected chi connectivity index (χ2v) is 5.87. The van der Waals surface area contributed by atoms with Crippen LogP contribution in [0.4, 0.5) is 0 Å². The number of hydrogen-bond donors (Lipinski definition) is 0. The van der Waals surface area contributed by atoms with Crippen LogP contribution in [0, 0.1) is 0 Å². The van der Waals surface area contributed by atoms with Crippen LogP contribution in [-0.4, -0.2) is 19.3 Å². The summed E-state index contributed by atoms with van der Waals surface area (Å²) in [5.41, 5.74) is 0.863. The van der Waals surface area contributed by atoms with E-state index < -0.39 is 0 Å². The molecule has 2 atom stereocenters. The van der Waals surface area contributed by atoms with Crippen molar-refractivity contribution in [3.63, 3.8) is 0 Å². The average molecular weight is 320 g/mol. The first-order valence-corrected chi connectivity index (χ1v) is 6.97. The van der Waals surface area contributed by atoms with Gasteiger partial charge in [0, 0.05) is 17.2 Å². The van der Waals surface area contributed by atoms with Crippen LogP contribution in [0.5, 0.6) is 5.75 Å². The third-order valence-corrected chi connectivity index (χ3v) is 4.95. The Bertz CT molecular complexity index is 402. The zero-order valence-corrected chi connectivity index (χ0v) is 12.3. The molecule has 2 unspecified atom stereocenters. The van der Waals surface area contributed by atoms with E-state index in [0.29, 0.717) is 5.02 Å². The van der Waals surface area contributed by atoms with Gasteiger partial charge in [-0.1, -0.05) is 27.5 Å². The van der Waals surface area contributed by atoms with Gasteiger partial charge < -0.3 is 9.47 Å². The molecule has 1 aromatic rings. The number of benzene rings is 1. The summed E-state index contributed by atoms with van der Waals surface area (Å²) in [6, 6.07) is 5.67. The standard InChI is InChI=1S/C13H16BrClO2/c1-13(6-3-7-17-13)12(14)10-8-9(15)4-5-11(10)16-2/h4-5,8,12H,3,6-7H2,1-2H3. The molecule has 0 spiro atoms. The molecule has 0 aliphatic carbocycles. The number of halogens is 2. The van der Waals surface area contributed by atoms with E-state index in [9.17, 15) is 0 Å². The highest BCUT2D eigenvalue weighted by molar-refractivity contribution is 9.09. The van der Waals surface area contributed by atoms with E-state index in [1.807, 2.05) is 18.2 Å². The molecular formula is C13H16BrClO2. The summed E-state index contributed by atoms with van der Waals surface area (Å²) in [5.74, 6) is 0.841. The predicted octanol–water partition coefficient (Wildman–Crippen LogP) is 4.35. The molecule has 1 aliphatic heterocycles. The molecule has 94 valence electrons. The molecule has 1 aromatic carbocycles. The largest absolute Gasteiger partial charge is 0.496 e. The molecular weight excluding hydrogens is 303 g/mol. The third kappa shape index (κ3) is 2.61. The van der Waals surface area contributed by atoms with Gasteiger partial charge in [-0.15, -0.1) is 0 Å². The zero-order chi connectivity index (χ0) is 12.5. The SMILES string of the molecule is COc1ccc(Cl)cc1C(Br)C1(C)CCCO1. The van der Waals surface area contributed by atoms with Crippen LogP contribution >= 0.6 is 27.5 Å². The minimum absolute atomic E-state index is 0.0890. The first-order valence-electron chi connectivity index (χ1n) is 5.68. The maximum atomic E-state index is 6.05. The van der Waals surface area contributed by atoms with Crippen molar-refractivity contribution in [2.24, 2.45) is 0 Å². The fourth-order valence-electron chi connectivity index (χ4n) is 2.23. The van der Waals surface area contributed by atoms with Gasteiger partial charge in [0.2, 0.25) is 0 Å². The lowest BCUT2D eigenvalue weighted by Crippen LogP contribution is -2.28. The fourth-order valence-corrected chi connectivity index (χ4v) is 3.13. The lowest BCUT2D eigenvalue weighted by molar-refractivity contribution is 0.0193. The van der Waals surface area contributed by atoms with Crippen LogP contribution in [0.15, 0.2) is 18.2 Å². The van der Waals surface area contributed by atoms with E-state index in [-0.39, 0.29) is 10.4 Å². The monoisotopic (exact) mass is 318 g/mol. The topological polar surface area (TPSA) is 18.5 Å². The van der Waals surface area contributed by atoms with E-state index in [1.165, 1.54) is 0 Å². The lowest BCUT2D eigenvalue weighted by atomic mass is 9.93. The van der Waals surface area contributed by atoms with Gasteiger partial charge in [0.25, 0.3) is 0 Å². The number of methoxy groups -OCH3 is 1. The Balaban J connectivity index is 2.35. The summed E-state index contributed by atoms with van der Waals surface area (Å²) in [5, 5.41) is 0.715. The van der Waals surface area contributed by atoms with Crippen molar-refractivity contribution >= 4 is 27.5 Å². The highest BCUT2D eigenvalue weighted by atomic mass is 79.9. The summed E-state index contributed by atoms with van der Waals surface area (Å²) in [7, 11) is 1.67. The van der Waals surface area contributed by atoms with Crippen molar-refractivity contribution in [1.82, 2.24) is 0 Å². The minimum atomic E-state index is -0.183. The van der Waals surface area contributed by atoms with Gasteiger partial charge in [0.1, 0.15) is 5.75 Å². The molecule has 1 aliphatic rings. The van der Waals surface area contributed by atoms with Gasteiger partial charge in [-0.2, -0.15) is 0 Å². The smallest absolute Gasteiger partial charge is 0.123 e. The van der Waals surface area contributed by atoms with Gasteiger partial charge in [-0.3, -0.25) is 0 Å². The predicted molar refractivity (Wildman–Crippen MR) is 73.3 cm³/mol. The van der Waals surface area contributed by atoms with Crippen molar-refractivity contribution in [2.45, 2.75) is 30.2 Å². The van der Waals surface area contributed by atoms with Gasteiger partial charge >= 0.3 is 0 Å². The summed E-state index contributed by atoms with van der Waals surface area (Å²) in [6.07, 6.45) is 2.14. The molecule has 0 saturated carbocycles. The molecule has 17 heavy (non-hydrogen) atoms. The second kappa shape index (κ2) is 5.17. The first kappa shape index (κ1) is 13.2. The van der Waals surface area contributed by atoms with E-state index in [4.69, 9.17) is 21.1 Å². The van der Waals surface area contributed by atoms with Crippen molar-refractivity contribution in [3.8, 4) is 5.75 Å². The Kier molecular flexibility index (Phi) is 4.01. The molecule has 0 aromatic heterocycles. The van der Waals surface area contributed by atoms with Gasteiger partial charge in [0.05, 0.1) is 17.5 Å². The Hall–Kier alpha value is -0.250. The molecule has 1 fully saturated rings. The molecule has 1 saturated heterocycles. The van der Waals surface area contributed by atoms with Crippen LogP contribution in [-0.2, 0) is 4.74 Å². The van der Waals surface area contributed by atoms with Gasteiger partial charge in [0.15, 0.2) is 0 Å². The summed E-state index contributed by atoms with van der Waals surface area (Å²) >= 11 is 9.78. The number of ether oxygens (including phenoxy) is 2. The van der Waals surface area contributed by atoms with E-state index in [0.717, 1.165) is 30.8 Å². The summed E-state index contributed by atoms with van der Waals surface area (Å²) < 4.78 is 11.2. The maximum absolute atomic E-state index is 6.05. The Labute approximate surface area is 115 Å². The zero-order valence-electron chi connectivity index (χ0n) is 10.0. The van der Waals surface area contributed by atoms with Crippen LogP contribution < -0.4 is 4.74 Å². The fraction of sp³-hybridized carbons (Fsp3) is 0.538. The number of alkyl halides is 1. The molecule has 2 nitrogen and oxygen atoms in total. The molecule has 0 bridgehead atoms. The summed E-state index contributed by atoms with van der Waals surface area (Å²) in [4.78, 5) is 0.0890. The van der Waals surface area contributed by atoms with E-state index in [1.54, 1.807) is 7.11 Å². The van der Waals surface area contributed by atoms with Gasteiger partial charge in [-0.05, 0) is 38.0 Å². The normalized spacial score (nSPS) is 25.9. The quantitative estimate of drug-likeness (QED) is 0.771. The van der Waals surface area contributed by atoms with Crippen LogP contribution in [0.3, 0.4) is 0 Å². The average Bonchev–Trinajstić information content (AvgIpc) is 2.76. The molecule has 0 radical (unpaired) electrons. The first-order chi connectivity index (χ1) is 8.07. The van der Waals surface area contributed by atoms with E-state index >= 15 is 0 Å². The summed E-state index contributed by atoms with van der Waals surface area (Å²) in [6.45, 7) is 2.95. The van der Waals surface area contributed by atoms with Crippen molar-refractivity contribution in [1.29, 1.82) is 0 Å². The van der Waals surface area contributed by atoms with Crippen LogP contribution in [0.1, 0.15) is 30.2 Å². The van der Waals surface area contributed by atoms with Crippen LogP contribution in [0.2, 0.25) is 5.02 Å². The van der Waals surface area contributed by atoms with Crippen molar-refractivity contribution in [2.75, 3.05) is 13.7 Å². The second-order valence-electron chi connectivity index (χ2n) is 4.51. The lowest BCUT2D eigenvalue weighted by Gasteiger charge is -2.30. The third-order valence-electron chi connectivity index (χ3n) is 3.25. The Morgan fingerprint density at radius 1 is 1.53 bits per heavy atom. The number of hydrogen-bond acceptors (Lipinski definition) is 2. The Morgan fingerprint density at radius 2 is 2.29 bits per heavy atom. The van der Waals surface area contributed by atoms with Crippen molar-refractivity contribution in [3.05, 3.63) is 28.8 Å². The molecule has 2 rings (SSSR count). The highest BCUT2D eigenvalue weighted by Crippen LogP contribution is 2.46. The number of rotatable bonds is 3. The minimum Gasteiger partial charge on any atom is -0.496 e. The molecule has 0 N–H and O–H groups in total. The van der Waals surface area contributed by atoms with Gasteiger partial charge in [-0.25, -0.2) is 0 Å². The molecule has 4 heteroatoms. The van der Waals surface area contributed by atoms with E-state index in [2.05, 4.69) is 22.9 Å². The van der Waals surface area contributed by atoms with Crippen molar-refractivity contribution < 1.29 is 9.47 Å². The Morgan fingerprint density at radius 3 is 2.88 bits per heavy atom. The molecule has 0 amide bonds. The molecule has 1 heterocycles. The maximum Gasteiger partial charge on any atom is 0.123 e.